The fraction of sp³-hybridized carbons (Fsp3) is 0.571. The fourth-order valence-corrected chi connectivity index (χ4v) is 2.61. The number of rotatable bonds is 3. The summed E-state index contributed by atoms with van der Waals surface area (Å²) in [5.41, 5.74) is 3.81. The maximum atomic E-state index is 10.1. The topological polar surface area (TPSA) is 32.3 Å². The molecule has 2 N–H and O–H groups in total. The molecule has 0 radical (unpaired) electrons. The Morgan fingerprint density at radius 2 is 2.00 bits per heavy atom. The summed E-state index contributed by atoms with van der Waals surface area (Å²) < 4.78 is 0. The molecule has 0 saturated carbocycles. The van der Waals surface area contributed by atoms with Crippen LogP contribution in [0.1, 0.15) is 29.5 Å². The molecule has 0 spiro atoms. The van der Waals surface area contributed by atoms with Crippen LogP contribution in [-0.2, 0) is 6.42 Å². The predicted molar refractivity (Wildman–Crippen MR) is 66.7 cm³/mol. The quantitative estimate of drug-likeness (QED) is 0.814. The normalized spacial score (nSPS) is 22.3. The molecule has 2 unspecified atom stereocenters. The Labute approximate surface area is 97.7 Å². The lowest BCUT2D eigenvalue weighted by molar-refractivity contribution is 0.136. The molecule has 2 heteroatoms. The summed E-state index contributed by atoms with van der Waals surface area (Å²) in [7, 11) is 0. The summed E-state index contributed by atoms with van der Waals surface area (Å²) >= 11 is 0. The molecule has 0 aliphatic carbocycles. The van der Waals surface area contributed by atoms with E-state index in [1.807, 2.05) is 0 Å². The fourth-order valence-electron chi connectivity index (χ4n) is 2.61. The van der Waals surface area contributed by atoms with E-state index in [2.05, 4.69) is 37.4 Å². The van der Waals surface area contributed by atoms with Gasteiger partial charge in [0.05, 0.1) is 6.10 Å². The molecule has 1 aliphatic heterocycles. The van der Waals surface area contributed by atoms with E-state index in [4.69, 9.17) is 0 Å². The molecule has 2 rings (SSSR count). The van der Waals surface area contributed by atoms with Gasteiger partial charge in [-0.05, 0) is 45.2 Å². The van der Waals surface area contributed by atoms with Gasteiger partial charge < -0.3 is 10.4 Å². The van der Waals surface area contributed by atoms with Gasteiger partial charge in [-0.15, -0.1) is 0 Å². The first-order valence-corrected chi connectivity index (χ1v) is 6.14. The summed E-state index contributed by atoms with van der Waals surface area (Å²) in [5.74, 6) is 0. The molecule has 0 amide bonds. The minimum atomic E-state index is -0.247. The third-order valence-corrected chi connectivity index (χ3v) is 3.29. The van der Waals surface area contributed by atoms with E-state index in [9.17, 15) is 5.11 Å². The molecule has 1 saturated heterocycles. The van der Waals surface area contributed by atoms with Crippen molar-refractivity contribution < 1.29 is 5.11 Å². The van der Waals surface area contributed by atoms with Gasteiger partial charge in [0.25, 0.3) is 0 Å². The number of nitrogens with one attached hydrogen (secondary N) is 1. The van der Waals surface area contributed by atoms with Gasteiger partial charge in [-0.3, -0.25) is 0 Å². The zero-order chi connectivity index (χ0) is 11.5. The zero-order valence-electron chi connectivity index (χ0n) is 10.2. The summed E-state index contributed by atoms with van der Waals surface area (Å²) in [4.78, 5) is 0. The molecule has 1 aromatic carbocycles. The molecule has 2 atom stereocenters. The summed E-state index contributed by atoms with van der Waals surface area (Å²) in [6.07, 6.45) is 2.81. The number of benzene rings is 1. The van der Waals surface area contributed by atoms with Gasteiger partial charge in [-0.2, -0.15) is 0 Å². The minimum Gasteiger partial charge on any atom is -0.391 e. The third-order valence-electron chi connectivity index (χ3n) is 3.29. The van der Waals surface area contributed by atoms with Crippen molar-refractivity contribution in [3.63, 3.8) is 0 Å². The van der Waals surface area contributed by atoms with Crippen molar-refractivity contribution >= 4 is 0 Å². The number of hydrogen-bond donors (Lipinski definition) is 2. The highest BCUT2D eigenvalue weighted by Gasteiger charge is 2.22. The Morgan fingerprint density at radius 3 is 2.56 bits per heavy atom. The second-order valence-electron chi connectivity index (χ2n) is 4.97. The van der Waals surface area contributed by atoms with E-state index in [0.717, 1.165) is 19.4 Å². The lowest BCUT2D eigenvalue weighted by Crippen LogP contribution is -2.36. The average molecular weight is 219 g/mol. The van der Waals surface area contributed by atoms with Crippen LogP contribution in [-0.4, -0.2) is 23.8 Å². The summed E-state index contributed by atoms with van der Waals surface area (Å²) in [6, 6.07) is 6.81. The van der Waals surface area contributed by atoms with Crippen molar-refractivity contribution in [3.05, 3.63) is 34.9 Å². The maximum Gasteiger partial charge on any atom is 0.0733 e. The highest BCUT2D eigenvalue weighted by atomic mass is 16.3. The van der Waals surface area contributed by atoms with Crippen LogP contribution in [0.3, 0.4) is 0 Å². The lowest BCUT2D eigenvalue weighted by Gasteiger charge is -2.18. The van der Waals surface area contributed by atoms with Gasteiger partial charge >= 0.3 is 0 Å². The molecule has 1 aromatic rings. The second-order valence-corrected chi connectivity index (χ2v) is 4.97. The van der Waals surface area contributed by atoms with E-state index in [0.29, 0.717) is 6.04 Å². The second kappa shape index (κ2) is 4.98. The van der Waals surface area contributed by atoms with Crippen molar-refractivity contribution in [1.82, 2.24) is 5.32 Å². The molecule has 88 valence electrons. The zero-order valence-corrected chi connectivity index (χ0v) is 10.2. The van der Waals surface area contributed by atoms with Crippen LogP contribution in [0.4, 0.5) is 0 Å². The SMILES string of the molecule is Cc1cc(C)cc(CC(O)C2CCCN2)c1. The first kappa shape index (κ1) is 11.6. The van der Waals surface area contributed by atoms with Crippen LogP contribution >= 0.6 is 0 Å². The molecule has 1 aliphatic rings. The minimum absolute atomic E-state index is 0.247. The molecule has 1 heterocycles. The molecule has 0 aromatic heterocycles. The Balaban J connectivity index is 2.02. The molecular formula is C14H21NO. The largest absolute Gasteiger partial charge is 0.391 e. The number of aryl methyl sites for hydroxylation is 2. The third kappa shape index (κ3) is 2.83. The van der Waals surface area contributed by atoms with E-state index in [1.54, 1.807) is 0 Å². The molecular weight excluding hydrogens is 198 g/mol. The van der Waals surface area contributed by atoms with Crippen LogP contribution in [0.5, 0.6) is 0 Å². The molecule has 16 heavy (non-hydrogen) atoms. The van der Waals surface area contributed by atoms with E-state index in [1.165, 1.54) is 23.1 Å². The Morgan fingerprint density at radius 1 is 1.31 bits per heavy atom. The van der Waals surface area contributed by atoms with Gasteiger partial charge in [0.2, 0.25) is 0 Å². The standard InChI is InChI=1S/C14H21NO/c1-10-6-11(2)8-12(7-10)9-14(16)13-4-3-5-15-13/h6-8,13-16H,3-5,9H2,1-2H3. The van der Waals surface area contributed by atoms with Crippen LogP contribution in [0.2, 0.25) is 0 Å². The average Bonchev–Trinajstić information content (AvgIpc) is 2.68. The first-order valence-electron chi connectivity index (χ1n) is 6.14. The van der Waals surface area contributed by atoms with Crippen molar-refractivity contribution in [2.45, 2.75) is 45.3 Å². The van der Waals surface area contributed by atoms with Crippen molar-refractivity contribution in [2.24, 2.45) is 0 Å². The van der Waals surface area contributed by atoms with Gasteiger partial charge in [0.1, 0.15) is 0 Å². The maximum absolute atomic E-state index is 10.1. The van der Waals surface area contributed by atoms with Gasteiger partial charge in [0.15, 0.2) is 0 Å². The highest BCUT2D eigenvalue weighted by molar-refractivity contribution is 5.29. The summed E-state index contributed by atoms with van der Waals surface area (Å²) in [5, 5.41) is 13.5. The van der Waals surface area contributed by atoms with Gasteiger partial charge in [0, 0.05) is 6.04 Å². The van der Waals surface area contributed by atoms with Crippen LogP contribution in [0, 0.1) is 13.8 Å². The smallest absolute Gasteiger partial charge is 0.0733 e. The summed E-state index contributed by atoms with van der Waals surface area (Å²) in [6.45, 7) is 5.27. The number of aliphatic hydroxyl groups excluding tert-OH is 1. The molecule has 2 nitrogen and oxygen atoms in total. The molecule has 0 bridgehead atoms. The van der Waals surface area contributed by atoms with Gasteiger partial charge in [-0.25, -0.2) is 0 Å². The van der Waals surface area contributed by atoms with Crippen molar-refractivity contribution in [3.8, 4) is 0 Å². The van der Waals surface area contributed by atoms with E-state index in [-0.39, 0.29) is 6.10 Å². The van der Waals surface area contributed by atoms with Crippen LogP contribution in [0.25, 0.3) is 0 Å². The monoisotopic (exact) mass is 219 g/mol. The van der Waals surface area contributed by atoms with E-state index < -0.39 is 0 Å². The van der Waals surface area contributed by atoms with Crippen LogP contribution in [0.15, 0.2) is 18.2 Å². The van der Waals surface area contributed by atoms with E-state index >= 15 is 0 Å². The lowest BCUT2D eigenvalue weighted by atomic mass is 9.98. The number of hydrogen-bond acceptors (Lipinski definition) is 2. The van der Waals surface area contributed by atoms with Crippen molar-refractivity contribution in [1.29, 1.82) is 0 Å². The molecule has 1 fully saturated rings. The van der Waals surface area contributed by atoms with Crippen molar-refractivity contribution in [2.75, 3.05) is 6.54 Å². The van der Waals surface area contributed by atoms with Crippen LogP contribution < -0.4 is 5.32 Å². The Hall–Kier alpha value is -0.860. The van der Waals surface area contributed by atoms with Gasteiger partial charge in [-0.1, -0.05) is 29.3 Å². The predicted octanol–water partition coefficient (Wildman–Crippen LogP) is 1.96. The highest BCUT2D eigenvalue weighted by Crippen LogP contribution is 2.16. The first-order chi connectivity index (χ1) is 7.65. The number of aliphatic hydroxyl groups is 1. The Bertz CT molecular complexity index is 336. The Kier molecular flexibility index (Phi) is 3.62.